The molecule has 2 aliphatic rings. The number of hydrogen-bond donors (Lipinski definition) is 2. The van der Waals surface area contributed by atoms with Gasteiger partial charge in [0.05, 0.1) is 12.9 Å². The molecule has 2 aliphatic heterocycles. The molecule has 0 aromatic carbocycles. The Morgan fingerprint density at radius 2 is 2.20 bits per heavy atom. The number of aliphatic imine (C=N–C) groups is 1. The average molecular weight is 138 g/mol. The summed E-state index contributed by atoms with van der Waals surface area (Å²) in [6, 6.07) is 0. The molecular weight excluding hydrogens is 128 g/mol. The largest absolute Gasteiger partial charge is 0.353 e. The summed E-state index contributed by atoms with van der Waals surface area (Å²) in [5.41, 5.74) is 0. The molecule has 4 nitrogen and oxygen atoms in total. The normalized spacial score (nSPS) is 23.4. The molecule has 0 unspecified atom stereocenters. The summed E-state index contributed by atoms with van der Waals surface area (Å²) >= 11 is 0. The van der Waals surface area contributed by atoms with Crippen LogP contribution in [0.4, 0.5) is 0 Å². The van der Waals surface area contributed by atoms with Crippen LogP contribution in [0, 0.1) is 0 Å². The van der Waals surface area contributed by atoms with Crippen molar-refractivity contribution in [2.24, 2.45) is 4.99 Å². The van der Waals surface area contributed by atoms with Gasteiger partial charge in [0.15, 0.2) is 6.29 Å². The summed E-state index contributed by atoms with van der Waals surface area (Å²) in [5, 5.41) is 6.28. The van der Waals surface area contributed by atoms with Gasteiger partial charge in [-0.1, -0.05) is 0 Å². The van der Waals surface area contributed by atoms with Gasteiger partial charge in [-0.3, -0.25) is 4.99 Å². The van der Waals surface area contributed by atoms with Crippen molar-refractivity contribution in [1.29, 1.82) is 0 Å². The highest BCUT2D eigenvalue weighted by atomic mass is 15.4. The van der Waals surface area contributed by atoms with E-state index in [-0.39, 0.29) is 6.29 Å². The maximum Gasteiger partial charge on any atom is 0.176 e. The highest BCUT2D eigenvalue weighted by molar-refractivity contribution is 5.57. The van der Waals surface area contributed by atoms with E-state index in [0.29, 0.717) is 0 Å². The van der Waals surface area contributed by atoms with Crippen LogP contribution in [0.25, 0.3) is 0 Å². The molecule has 10 heavy (non-hydrogen) atoms. The predicted molar refractivity (Wildman–Crippen MR) is 39.3 cm³/mol. The van der Waals surface area contributed by atoms with Gasteiger partial charge < -0.3 is 15.5 Å². The molecule has 0 atom stereocenters. The second-order valence-electron chi connectivity index (χ2n) is 2.33. The molecule has 0 saturated heterocycles. The molecular formula is C6H10N4. The van der Waals surface area contributed by atoms with Crippen LogP contribution in [0.15, 0.2) is 17.4 Å². The van der Waals surface area contributed by atoms with Crippen LogP contribution in [0.1, 0.15) is 0 Å². The molecule has 4 heteroatoms. The smallest absolute Gasteiger partial charge is 0.176 e. The van der Waals surface area contributed by atoms with Crippen LogP contribution >= 0.6 is 0 Å². The molecule has 0 fully saturated rings. The maximum absolute atomic E-state index is 4.10. The zero-order chi connectivity index (χ0) is 6.81. The molecule has 54 valence electrons. The van der Waals surface area contributed by atoms with E-state index in [1.54, 1.807) is 0 Å². The Hall–Kier alpha value is -1.19. The number of nitrogens with one attached hydrogen (secondary N) is 2. The predicted octanol–water partition coefficient (Wildman–Crippen LogP) is -0.722. The van der Waals surface area contributed by atoms with Crippen molar-refractivity contribution in [1.82, 2.24) is 15.5 Å². The van der Waals surface area contributed by atoms with E-state index >= 15 is 0 Å². The molecule has 0 aromatic rings. The molecule has 0 aliphatic carbocycles. The van der Waals surface area contributed by atoms with Gasteiger partial charge in [0.25, 0.3) is 0 Å². The van der Waals surface area contributed by atoms with Crippen LogP contribution in [0.5, 0.6) is 0 Å². The lowest BCUT2D eigenvalue weighted by Crippen LogP contribution is -2.46. The average Bonchev–Trinajstić information content (AvgIpc) is 2.59. The first-order chi connectivity index (χ1) is 4.97. The molecule has 0 saturated carbocycles. The minimum absolute atomic E-state index is 0.228. The van der Waals surface area contributed by atoms with Crippen molar-refractivity contribution in [2.45, 2.75) is 6.29 Å². The number of rotatable bonds is 1. The van der Waals surface area contributed by atoms with Gasteiger partial charge in [0.2, 0.25) is 0 Å². The molecule has 0 spiro atoms. The molecule has 0 aromatic heterocycles. The standard InChI is InChI=1S/C6H10N4/c1-2-9-6(8-1)10-4-3-7-5-10/h1-2,5-6,8-9H,3-4H2. The maximum atomic E-state index is 4.10. The second-order valence-corrected chi connectivity index (χ2v) is 2.33. The summed E-state index contributed by atoms with van der Waals surface area (Å²) in [7, 11) is 0. The molecule has 0 radical (unpaired) electrons. The summed E-state index contributed by atoms with van der Waals surface area (Å²) in [6.07, 6.45) is 5.90. The lowest BCUT2D eigenvalue weighted by Gasteiger charge is -2.22. The fourth-order valence-corrected chi connectivity index (χ4v) is 1.11. The Morgan fingerprint density at radius 3 is 2.80 bits per heavy atom. The van der Waals surface area contributed by atoms with E-state index in [9.17, 15) is 0 Å². The first-order valence-electron chi connectivity index (χ1n) is 3.40. The van der Waals surface area contributed by atoms with Gasteiger partial charge in [-0.2, -0.15) is 0 Å². The van der Waals surface area contributed by atoms with Crippen molar-refractivity contribution in [3.8, 4) is 0 Å². The lowest BCUT2D eigenvalue weighted by atomic mass is 10.6. The van der Waals surface area contributed by atoms with Crippen LogP contribution < -0.4 is 10.6 Å². The Kier molecular flexibility index (Phi) is 1.23. The van der Waals surface area contributed by atoms with E-state index in [0.717, 1.165) is 13.1 Å². The first kappa shape index (κ1) is 5.58. The Balaban J connectivity index is 1.93. The van der Waals surface area contributed by atoms with Crippen LogP contribution in [-0.4, -0.2) is 30.6 Å². The summed E-state index contributed by atoms with van der Waals surface area (Å²) in [6.45, 7) is 1.92. The molecule has 2 N–H and O–H groups in total. The third kappa shape index (κ3) is 0.814. The van der Waals surface area contributed by atoms with Crippen LogP contribution in [0.3, 0.4) is 0 Å². The van der Waals surface area contributed by atoms with Gasteiger partial charge in [0.1, 0.15) is 0 Å². The van der Waals surface area contributed by atoms with Crippen molar-refractivity contribution in [2.75, 3.05) is 13.1 Å². The van der Waals surface area contributed by atoms with Crippen molar-refractivity contribution in [3.63, 3.8) is 0 Å². The lowest BCUT2D eigenvalue weighted by molar-refractivity contribution is 0.301. The SMILES string of the molecule is C1=CNC(N2C=NCC2)N1. The van der Waals surface area contributed by atoms with Crippen molar-refractivity contribution in [3.05, 3.63) is 12.4 Å². The second kappa shape index (κ2) is 2.21. The van der Waals surface area contributed by atoms with Crippen molar-refractivity contribution < 1.29 is 0 Å². The monoisotopic (exact) mass is 138 g/mol. The molecule has 2 rings (SSSR count). The van der Waals surface area contributed by atoms with E-state index in [4.69, 9.17) is 0 Å². The fourth-order valence-electron chi connectivity index (χ4n) is 1.11. The highest BCUT2D eigenvalue weighted by Crippen LogP contribution is 1.98. The highest BCUT2D eigenvalue weighted by Gasteiger charge is 2.16. The minimum atomic E-state index is 0.228. The van der Waals surface area contributed by atoms with Crippen LogP contribution in [-0.2, 0) is 0 Å². The van der Waals surface area contributed by atoms with Crippen LogP contribution in [0.2, 0.25) is 0 Å². The zero-order valence-corrected chi connectivity index (χ0v) is 5.62. The third-order valence-electron chi connectivity index (χ3n) is 1.64. The third-order valence-corrected chi connectivity index (χ3v) is 1.64. The van der Waals surface area contributed by atoms with E-state index < -0.39 is 0 Å². The summed E-state index contributed by atoms with van der Waals surface area (Å²) in [4.78, 5) is 6.23. The quantitative estimate of drug-likeness (QED) is 0.502. The number of hydrogen-bond acceptors (Lipinski definition) is 4. The topological polar surface area (TPSA) is 39.7 Å². The summed E-state index contributed by atoms with van der Waals surface area (Å²) < 4.78 is 0. The van der Waals surface area contributed by atoms with Gasteiger partial charge in [-0.05, 0) is 0 Å². The Bertz CT molecular complexity index is 167. The van der Waals surface area contributed by atoms with Crippen molar-refractivity contribution >= 4 is 6.34 Å². The van der Waals surface area contributed by atoms with E-state index in [1.807, 2.05) is 18.7 Å². The Morgan fingerprint density at radius 1 is 1.40 bits per heavy atom. The summed E-state index contributed by atoms with van der Waals surface area (Å²) in [5.74, 6) is 0. The zero-order valence-electron chi connectivity index (χ0n) is 5.62. The number of nitrogens with zero attached hydrogens (tertiary/aromatic N) is 2. The van der Waals surface area contributed by atoms with Gasteiger partial charge in [-0.15, -0.1) is 0 Å². The molecule has 0 amide bonds. The first-order valence-corrected chi connectivity index (χ1v) is 3.40. The molecule has 2 heterocycles. The van der Waals surface area contributed by atoms with E-state index in [1.165, 1.54) is 0 Å². The van der Waals surface area contributed by atoms with Gasteiger partial charge in [0, 0.05) is 18.9 Å². The Labute approximate surface area is 59.6 Å². The van der Waals surface area contributed by atoms with Gasteiger partial charge in [-0.25, -0.2) is 0 Å². The molecule has 0 bridgehead atoms. The minimum Gasteiger partial charge on any atom is -0.353 e. The van der Waals surface area contributed by atoms with Gasteiger partial charge >= 0.3 is 0 Å². The van der Waals surface area contributed by atoms with E-state index in [2.05, 4.69) is 20.5 Å². The fraction of sp³-hybridized carbons (Fsp3) is 0.500.